The fourth-order valence-electron chi connectivity index (χ4n) is 0.597. The lowest BCUT2D eigenvalue weighted by Crippen LogP contribution is -2.28. The van der Waals surface area contributed by atoms with Crippen molar-refractivity contribution in [1.82, 2.24) is 5.32 Å². The molecule has 0 spiro atoms. The molecular formula is C6H14FNO. The molecule has 2 nitrogen and oxygen atoms in total. The standard InChI is InChI=1S/C6H14FNO/c1-6(2-5-9)8-4-3-7/h6,8-9H,2-5H2,1H3. The molecule has 0 amide bonds. The van der Waals surface area contributed by atoms with Crippen molar-refractivity contribution in [3.63, 3.8) is 0 Å². The van der Waals surface area contributed by atoms with Crippen LogP contribution in [0.5, 0.6) is 0 Å². The summed E-state index contributed by atoms with van der Waals surface area (Å²) >= 11 is 0. The summed E-state index contributed by atoms with van der Waals surface area (Å²) in [5, 5.41) is 11.3. The van der Waals surface area contributed by atoms with E-state index in [-0.39, 0.29) is 19.3 Å². The van der Waals surface area contributed by atoms with Gasteiger partial charge in [-0.25, -0.2) is 4.39 Å². The quantitative estimate of drug-likeness (QED) is 0.569. The maximum absolute atomic E-state index is 11.5. The molecule has 0 saturated heterocycles. The van der Waals surface area contributed by atoms with Crippen LogP contribution in [0.2, 0.25) is 0 Å². The van der Waals surface area contributed by atoms with Gasteiger partial charge in [0.05, 0.1) is 0 Å². The van der Waals surface area contributed by atoms with Crippen molar-refractivity contribution in [2.45, 2.75) is 19.4 Å². The summed E-state index contributed by atoms with van der Waals surface area (Å²) in [6, 6.07) is 0.228. The molecule has 0 heterocycles. The van der Waals surface area contributed by atoms with Crippen LogP contribution in [-0.2, 0) is 0 Å². The SMILES string of the molecule is CC(CCO)NCCF. The predicted octanol–water partition coefficient (Wildman–Crippen LogP) is 0.316. The van der Waals surface area contributed by atoms with Crippen LogP contribution < -0.4 is 5.32 Å². The molecule has 0 aliphatic heterocycles. The Labute approximate surface area is 55.1 Å². The van der Waals surface area contributed by atoms with E-state index < -0.39 is 0 Å². The molecule has 2 N–H and O–H groups in total. The van der Waals surface area contributed by atoms with Crippen LogP contribution in [-0.4, -0.2) is 31.0 Å². The number of alkyl halides is 1. The lowest BCUT2D eigenvalue weighted by molar-refractivity contribution is 0.267. The fourth-order valence-corrected chi connectivity index (χ4v) is 0.597. The smallest absolute Gasteiger partial charge is 0.102 e. The van der Waals surface area contributed by atoms with Crippen molar-refractivity contribution < 1.29 is 9.50 Å². The van der Waals surface area contributed by atoms with Crippen LogP contribution in [0.4, 0.5) is 4.39 Å². The molecular weight excluding hydrogens is 121 g/mol. The zero-order valence-electron chi connectivity index (χ0n) is 5.73. The van der Waals surface area contributed by atoms with Crippen molar-refractivity contribution in [2.75, 3.05) is 19.8 Å². The molecule has 1 atom stereocenters. The third-order valence-electron chi connectivity index (χ3n) is 1.15. The lowest BCUT2D eigenvalue weighted by Gasteiger charge is -2.09. The third-order valence-corrected chi connectivity index (χ3v) is 1.15. The van der Waals surface area contributed by atoms with Crippen molar-refractivity contribution >= 4 is 0 Å². The van der Waals surface area contributed by atoms with Crippen molar-refractivity contribution in [3.05, 3.63) is 0 Å². The summed E-state index contributed by atoms with van der Waals surface area (Å²) in [4.78, 5) is 0. The second kappa shape index (κ2) is 5.98. The summed E-state index contributed by atoms with van der Waals surface area (Å²) in [6.07, 6.45) is 0.694. The largest absolute Gasteiger partial charge is 0.396 e. The van der Waals surface area contributed by atoms with Gasteiger partial charge in [-0.3, -0.25) is 0 Å². The zero-order valence-corrected chi connectivity index (χ0v) is 5.73. The van der Waals surface area contributed by atoms with Crippen LogP contribution in [0.15, 0.2) is 0 Å². The third kappa shape index (κ3) is 5.73. The van der Waals surface area contributed by atoms with Gasteiger partial charge in [-0.2, -0.15) is 0 Å². The van der Waals surface area contributed by atoms with E-state index in [0.717, 1.165) is 0 Å². The lowest BCUT2D eigenvalue weighted by atomic mass is 10.2. The first-order valence-electron chi connectivity index (χ1n) is 3.21. The Morgan fingerprint density at radius 3 is 2.78 bits per heavy atom. The minimum absolute atomic E-state index is 0.167. The van der Waals surface area contributed by atoms with Crippen molar-refractivity contribution in [2.24, 2.45) is 0 Å². The van der Waals surface area contributed by atoms with Crippen LogP contribution in [0.1, 0.15) is 13.3 Å². The maximum Gasteiger partial charge on any atom is 0.102 e. The molecule has 3 heteroatoms. The molecule has 0 aromatic heterocycles. The number of nitrogens with one attached hydrogen (secondary N) is 1. The number of halogens is 1. The van der Waals surface area contributed by atoms with Gasteiger partial charge in [-0.1, -0.05) is 0 Å². The molecule has 0 aliphatic rings. The average Bonchev–Trinajstić information content (AvgIpc) is 1.85. The Morgan fingerprint density at radius 2 is 2.33 bits per heavy atom. The number of hydrogen-bond donors (Lipinski definition) is 2. The molecule has 0 fully saturated rings. The summed E-state index contributed by atoms with van der Waals surface area (Å²) in [5.41, 5.74) is 0. The van der Waals surface area contributed by atoms with E-state index in [0.29, 0.717) is 13.0 Å². The summed E-state index contributed by atoms with van der Waals surface area (Å²) in [6.45, 7) is 2.14. The Bertz CT molecular complexity index is 61.0. The maximum atomic E-state index is 11.5. The van der Waals surface area contributed by atoms with Gasteiger partial charge in [-0.15, -0.1) is 0 Å². The molecule has 0 bridgehead atoms. The normalized spacial score (nSPS) is 13.7. The van der Waals surface area contributed by atoms with Gasteiger partial charge in [0.25, 0.3) is 0 Å². The van der Waals surface area contributed by atoms with E-state index in [2.05, 4.69) is 5.32 Å². The van der Waals surface area contributed by atoms with Crippen LogP contribution in [0.3, 0.4) is 0 Å². The molecule has 56 valence electrons. The minimum Gasteiger partial charge on any atom is -0.396 e. The van der Waals surface area contributed by atoms with Crippen molar-refractivity contribution in [3.8, 4) is 0 Å². The number of aliphatic hydroxyl groups is 1. The van der Waals surface area contributed by atoms with E-state index in [9.17, 15) is 4.39 Å². The Hall–Kier alpha value is -0.150. The molecule has 0 aromatic carbocycles. The first-order valence-corrected chi connectivity index (χ1v) is 3.21. The average molecular weight is 135 g/mol. The van der Waals surface area contributed by atoms with Crippen molar-refractivity contribution in [1.29, 1.82) is 0 Å². The van der Waals surface area contributed by atoms with Gasteiger partial charge in [0.2, 0.25) is 0 Å². The van der Waals surface area contributed by atoms with E-state index in [4.69, 9.17) is 5.11 Å². The van der Waals surface area contributed by atoms with Gasteiger partial charge in [-0.05, 0) is 13.3 Å². The minimum atomic E-state index is -0.338. The summed E-state index contributed by atoms with van der Waals surface area (Å²) < 4.78 is 11.5. The molecule has 0 radical (unpaired) electrons. The second-order valence-corrected chi connectivity index (χ2v) is 2.06. The monoisotopic (exact) mass is 135 g/mol. The Morgan fingerprint density at radius 1 is 1.67 bits per heavy atom. The molecule has 0 saturated carbocycles. The topological polar surface area (TPSA) is 32.3 Å². The van der Waals surface area contributed by atoms with Crippen LogP contribution >= 0.6 is 0 Å². The Balaban J connectivity index is 2.95. The van der Waals surface area contributed by atoms with Gasteiger partial charge in [0.1, 0.15) is 6.67 Å². The van der Waals surface area contributed by atoms with Crippen LogP contribution in [0.25, 0.3) is 0 Å². The molecule has 1 unspecified atom stereocenters. The van der Waals surface area contributed by atoms with E-state index >= 15 is 0 Å². The predicted molar refractivity (Wildman–Crippen MR) is 35.1 cm³/mol. The highest BCUT2D eigenvalue weighted by Crippen LogP contribution is 1.86. The van der Waals surface area contributed by atoms with E-state index in [1.54, 1.807) is 0 Å². The highest BCUT2D eigenvalue weighted by Gasteiger charge is 1.96. The molecule has 0 aromatic rings. The molecule has 9 heavy (non-hydrogen) atoms. The van der Waals surface area contributed by atoms with Gasteiger partial charge < -0.3 is 10.4 Å². The number of aliphatic hydroxyl groups excluding tert-OH is 1. The van der Waals surface area contributed by atoms with Gasteiger partial charge in [0.15, 0.2) is 0 Å². The number of rotatable bonds is 5. The van der Waals surface area contributed by atoms with E-state index in [1.807, 2.05) is 6.92 Å². The zero-order chi connectivity index (χ0) is 7.11. The first-order chi connectivity index (χ1) is 4.31. The fraction of sp³-hybridized carbons (Fsp3) is 1.00. The Kier molecular flexibility index (Phi) is 5.88. The van der Waals surface area contributed by atoms with Gasteiger partial charge in [0, 0.05) is 19.2 Å². The second-order valence-electron chi connectivity index (χ2n) is 2.06. The summed E-state index contributed by atoms with van der Waals surface area (Å²) in [7, 11) is 0. The number of hydrogen-bond acceptors (Lipinski definition) is 2. The molecule has 0 rings (SSSR count). The molecule has 0 aliphatic carbocycles. The van der Waals surface area contributed by atoms with Crippen LogP contribution in [0, 0.1) is 0 Å². The van der Waals surface area contributed by atoms with E-state index in [1.165, 1.54) is 0 Å². The highest BCUT2D eigenvalue weighted by atomic mass is 19.1. The first kappa shape index (κ1) is 8.85. The van der Waals surface area contributed by atoms with Gasteiger partial charge >= 0.3 is 0 Å². The highest BCUT2D eigenvalue weighted by molar-refractivity contribution is 4.57. The summed E-state index contributed by atoms with van der Waals surface area (Å²) in [5.74, 6) is 0.